The molecule has 212 valence electrons. The van der Waals surface area contributed by atoms with Gasteiger partial charge in [-0.3, -0.25) is 24.2 Å². The lowest BCUT2D eigenvalue weighted by Crippen LogP contribution is -2.48. The van der Waals surface area contributed by atoms with Gasteiger partial charge >= 0.3 is 6.18 Å². The fraction of sp³-hybridized carbons (Fsp3) is 0.233. The van der Waals surface area contributed by atoms with Gasteiger partial charge in [-0.2, -0.15) is 13.2 Å². The maximum absolute atomic E-state index is 13.4. The number of benzene rings is 3. The van der Waals surface area contributed by atoms with E-state index in [1.54, 1.807) is 41.3 Å². The quantitative estimate of drug-likeness (QED) is 0.262. The van der Waals surface area contributed by atoms with Crippen molar-refractivity contribution in [2.75, 3.05) is 26.2 Å². The Morgan fingerprint density at radius 2 is 1.51 bits per heavy atom. The van der Waals surface area contributed by atoms with Gasteiger partial charge < -0.3 is 4.90 Å². The van der Waals surface area contributed by atoms with Crippen molar-refractivity contribution in [3.05, 3.63) is 111 Å². The van der Waals surface area contributed by atoms with Crippen molar-refractivity contribution in [3.8, 4) is 0 Å². The molecule has 0 radical (unpaired) electrons. The lowest BCUT2D eigenvalue weighted by Gasteiger charge is -2.34. The highest BCUT2D eigenvalue weighted by Crippen LogP contribution is 2.36. The minimum atomic E-state index is -4.61. The van der Waals surface area contributed by atoms with E-state index < -0.39 is 29.4 Å². The van der Waals surface area contributed by atoms with Crippen LogP contribution in [0.4, 0.5) is 22.4 Å². The second-order valence-corrected chi connectivity index (χ2v) is 10.7. The first-order valence-corrected chi connectivity index (χ1v) is 13.7. The monoisotopic (exact) mass is 583 g/mol. The van der Waals surface area contributed by atoms with Gasteiger partial charge in [0.05, 0.1) is 17.0 Å². The normalized spacial score (nSPS) is 17.5. The van der Waals surface area contributed by atoms with E-state index in [1.165, 1.54) is 36.4 Å². The third-order valence-electron chi connectivity index (χ3n) is 6.96. The summed E-state index contributed by atoms with van der Waals surface area (Å²) in [5, 5.41) is -0.649. The van der Waals surface area contributed by atoms with Gasteiger partial charge in [0.1, 0.15) is 5.82 Å². The van der Waals surface area contributed by atoms with E-state index in [0.29, 0.717) is 55.6 Å². The summed E-state index contributed by atoms with van der Waals surface area (Å²) in [7, 11) is 0. The Balaban J connectivity index is 1.19. The summed E-state index contributed by atoms with van der Waals surface area (Å²) in [5.74, 6) is -1.07. The molecule has 2 heterocycles. The molecule has 0 aromatic heterocycles. The molecule has 0 atom stereocenters. The summed E-state index contributed by atoms with van der Waals surface area (Å²) in [6.45, 7) is 2.66. The van der Waals surface area contributed by atoms with Crippen LogP contribution in [0.3, 0.4) is 0 Å². The van der Waals surface area contributed by atoms with Crippen LogP contribution in [0, 0.1) is 5.82 Å². The molecule has 2 aliphatic heterocycles. The van der Waals surface area contributed by atoms with Crippen molar-refractivity contribution in [2.24, 2.45) is 0 Å². The van der Waals surface area contributed by atoms with Gasteiger partial charge in [-0.25, -0.2) is 4.39 Å². The number of halogens is 4. The summed E-state index contributed by atoms with van der Waals surface area (Å²) in [5.41, 5.74) is 1.00. The van der Waals surface area contributed by atoms with Crippen molar-refractivity contribution >= 4 is 34.9 Å². The predicted octanol–water partition coefficient (Wildman–Crippen LogP) is 6.04. The Labute approximate surface area is 238 Å². The zero-order chi connectivity index (χ0) is 29.1. The molecule has 6 nitrogen and oxygen atoms in total. The lowest BCUT2D eigenvalue weighted by molar-refractivity contribution is -0.139. The number of hydrogen-bond donors (Lipinski definition) is 0. The van der Waals surface area contributed by atoms with Crippen molar-refractivity contribution in [2.45, 2.75) is 19.3 Å². The van der Waals surface area contributed by atoms with Gasteiger partial charge in [0.25, 0.3) is 17.1 Å². The lowest BCUT2D eigenvalue weighted by atomic mass is 10.1. The van der Waals surface area contributed by atoms with Crippen molar-refractivity contribution in [1.29, 1.82) is 0 Å². The van der Waals surface area contributed by atoms with E-state index in [1.807, 2.05) is 0 Å². The number of carbonyl (C=O) groups excluding carboxylic acids is 3. The van der Waals surface area contributed by atoms with Gasteiger partial charge in [0, 0.05) is 38.3 Å². The van der Waals surface area contributed by atoms with E-state index in [2.05, 4.69) is 4.90 Å². The van der Waals surface area contributed by atoms with E-state index in [4.69, 9.17) is 0 Å². The Kier molecular flexibility index (Phi) is 8.27. The minimum Gasteiger partial charge on any atom is -0.336 e. The first-order chi connectivity index (χ1) is 19.6. The fourth-order valence-electron chi connectivity index (χ4n) is 4.75. The topological polar surface area (TPSA) is 60.9 Å². The summed E-state index contributed by atoms with van der Waals surface area (Å²) < 4.78 is 53.2. The minimum absolute atomic E-state index is 0.0934. The number of thioether (sulfide) groups is 1. The second kappa shape index (κ2) is 11.9. The molecule has 0 N–H and O–H groups in total. The van der Waals surface area contributed by atoms with Gasteiger partial charge in [0.15, 0.2) is 0 Å². The zero-order valence-corrected chi connectivity index (χ0v) is 22.6. The summed E-state index contributed by atoms with van der Waals surface area (Å²) in [6.07, 6.45) is -3.12. The molecule has 3 aromatic rings. The third-order valence-corrected chi connectivity index (χ3v) is 7.87. The van der Waals surface area contributed by atoms with E-state index in [-0.39, 0.29) is 22.2 Å². The highest BCUT2D eigenvalue weighted by molar-refractivity contribution is 8.18. The third kappa shape index (κ3) is 6.68. The van der Waals surface area contributed by atoms with Gasteiger partial charge in [-0.15, -0.1) is 0 Å². The number of carbonyl (C=O) groups is 3. The highest BCUT2D eigenvalue weighted by atomic mass is 32.2. The Bertz CT molecular complexity index is 1480. The number of hydrogen-bond acceptors (Lipinski definition) is 5. The van der Waals surface area contributed by atoms with Gasteiger partial charge in [-0.1, -0.05) is 42.5 Å². The Morgan fingerprint density at radius 3 is 2.17 bits per heavy atom. The van der Waals surface area contributed by atoms with Crippen molar-refractivity contribution in [3.63, 3.8) is 0 Å². The van der Waals surface area contributed by atoms with Crippen LogP contribution in [0.25, 0.3) is 6.08 Å². The summed E-state index contributed by atoms with van der Waals surface area (Å²) in [4.78, 5) is 43.3. The highest BCUT2D eigenvalue weighted by Gasteiger charge is 2.38. The molecule has 0 unspecified atom stereocenters. The summed E-state index contributed by atoms with van der Waals surface area (Å²) >= 11 is 0.663. The second-order valence-electron chi connectivity index (χ2n) is 9.74. The molecular weight excluding hydrogens is 558 g/mol. The number of rotatable bonds is 6. The molecule has 0 aliphatic carbocycles. The van der Waals surface area contributed by atoms with E-state index >= 15 is 0 Å². The molecule has 3 amide bonds. The van der Waals surface area contributed by atoms with Crippen LogP contribution in [0.5, 0.6) is 0 Å². The largest absolute Gasteiger partial charge is 0.416 e. The predicted molar refractivity (Wildman–Crippen MR) is 147 cm³/mol. The SMILES string of the molecule is O=C(c1ccc(C=C2SC(=O)N(Cc3ccccc3C(F)(F)F)C2=O)cc1)N1CCN(Cc2ccc(F)cc2)CC1. The molecule has 2 aliphatic rings. The number of amides is 3. The molecule has 5 rings (SSSR count). The first kappa shape index (κ1) is 28.6. The molecule has 41 heavy (non-hydrogen) atoms. The van der Waals surface area contributed by atoms with Gasteiger partial charge in [-0.05, 0) is 64.9 Å². The van der Waals surface area contributed by atoms with Crippen molar-refractivity contribution in [1.82, 2.24) is 14.7 Å². The van der Waals surface area contributed by atoms with Crippen molar-refractivity contribution < 1.29 is 31.9 Å². The first-order valence-electron chi connectivity index (χ1n) is 12.8. The Morgan fingerprint density at radius 1 is 0.854 bits per heavy atom. The number of nitrogens with zero attached hydrogens (tertiary/aromatic N) is 3. The average Bonchev–Trinajstić information content (AvgIpc) is 3.21. The molecule has 2 saturated heterocycles. The van der Waals surface area contributed by atoms with Crippen LogP contribution in [0.2, 0.25) is 0 Å². The van der Waals surface area contributed by atoms with Gasteiger partial charge in [0.2, 0.25) is 0 Å². The Hall–Kier alpha value is -3.96. The van der Waals surface area contributed by atoms with E-state index in [0.717, 1.165) is 16.5 Å². The standard InChI is InChI=1S/C30H25F4N3O3S/c31-24-11-7-21(8-12-24)18-35-13-15-36(16-14-35)27(38)22-9-5-20(6-10-22)17-26-28(39)37(29(40)41-26)19-23-3-1-2-4-25(23)30(32,33)34/h1-12,17H,13-16,18-19H2. The van der Waals surface area contributed by atoms with Crippen LogP contribution in [0.1, 0.15) is 32.6 Å². The number of imide groups is 1. The maximum atomic E-state index is 13.4. The number of piperazine rings is 1. The van der Waals surface area contributed by atoms with E-state index in [9.17, 15) is 31.9 Å². The van der Waals surface area contributed by atoms with Crippen LogP contribution in [-0.2, 0) is 24.1 Å². The zero-order valence-electron chi connectivity index (χ0n) is 21.7. The molecule has 0 spiro atoms. The average molecular weight is 584 g/mol. The molecule has 11 heteroatoms. The molecule has 3 aromatic carbocycles. The molecule has 0 bridgehead atoms. The maximum Gasteiger partial charge on any atom is 0.416 e. The van der Waals surface area contributed by atoms with Crippen LogP contribution in [-0.4, -0.2) is 57.9 Å². The summed E-state index contributed by atoms with van der Waals surface area (Å²) in [6, 6.07) is 17.8. The molecule has 0 saturated carbocycles. The molecular formula is C30H25F4N3O3S. The smallest absolute Gasteiger partial charge is 0.336 e. The van der Waals surface area contributed by atoms with Crippen LogP contribution >= 0.6 is 11.8 Å². The number of alkyl halides is 3. The van der Waals surface area contributed by atoms with Crippen LogP contribution < -0.4 is 0 Å². The molecule has 2 fully saturated rings. The van der Waals surface area contributed by atoms with Crippen LogP contribution in [0.15, 0.2) is 77.7 Å². The fourth-order valence-corrected chi connectivity index (χ4v) is 5.59.